The van der Waals surface area contributed by atoms with Crippen molar-refractivity contribution in [1.82, 2.24) is 0 Å². The fourth-order valence-corrected chi connectivity index (χ4v) is 2.49. The molecule has 0 radical (unpaired) electrons. The Morgan fingerprint density at radius 1 is 1.23 bits per heavy atom. The zero-order valence-corrected chi connectivity index (χ0v) is 8.87. The van der Waals surface area contributed by atoms with Crippen molar-refractivity contribution in [3.8, 4) is 0 Å². The fourth-order valence-electron chi connectivity index (χ4n) is 1.99. The molecule has 0 saturated heterocycles. The third-order valence-electron chi connectivity index (χ3n) is 2.96. The number of hydrogen-bond donors (Lipinski definition) is 2. The third-order valence-corrected chi connectivity index (χ3v) is 3.93. The summed E-state index contributed by atoms with van der Waals surface area (Å²) < 4.78 is 21.3. The first-order valence-corrected chi connectivity index (χ1v) is 6.19. The van der Waals surface area contributed by atoms with Crippen LogP contribution >= 0.6 is 0 Å². The van der Waals surface area contributed by atoms with Crippen LogP contribution in [0.4, 0.5) is 0 Å². The summed E-state index contributed by atoms with van der Waals surface area (Å²) in [5, 5.41) is 9.14. The molecule has 0 bridgehead atoms. The summed E-state index contributed by atoms with van der Waals surface area (Å²) >= 11 is 0. The second-order valence-electron chi connectivity index (χ2n) is 3.91. The monoisotopic (exact) mass is 206 g/mol. The first-order valence-electron chi connectivity index (χ1n) is 4.94. The molecule has 1 fully saturated rings. The highest BCUT2D eigenvalue weighted by Gasteiger charge is 2.27. The lowest BCUT2D eigenvalue weighted by Gasteiger charge is -2.28. The van der Waals surface area contributed by atoms with E-state index in [-0.39, 0.29) is 5.92 Å². The molecule has 1 aliphatic carbocycles. The number of hydrogen-bond acceptors (Lipinski definition) is 3. The van der Waals surface area contributed by atoms with Crippen LogP contribution < -0.4 is 0 Å². The zero-order chi connectivity index (χ0) is 9.84. The first kappa shape index (κ1) is 11.0. The lowest BCUT2D eigenvalue weighted by Crippen LogP contribution is -2.33. The molecule has 78 valence electrons. The molecule has 2 atom stereocenters. The maximum Gasteiger partial charge on any atom is 0.145 e. The zero-order valence-electron chi connectivity index (χ0n) is 7.98. The molecule has 4 heteroatoms. The van der Waals surface area contributed by atoms with Gasteiger partial charge in [0.05, 0.1) is 11.4 Å². The van der Waals surface area contributed by atoms with Crippen molar-refractivity contribution < 1.29 is 13.5 Å². The second-order valence-corrected chi connectivity index (χ2v) is 5.30. The molecule has 1 saturated carbocycles. The van der Waals surface area contributed by atoms with E-state index >= 15 is 0 Å². The van der Waals surface area contributed by atoms with Gasteiger partial charge in [-0.2, -0.15) is 0 Å². The average molecular weight is 206 g/mol. The van der Waals surface area contributed by atoms with Gasteiger partial charge in [-0.1, -0.05) is 19.3 Å². The van der Waals surface area contributed by atoms with Gasteiger partial charge >= 0.3 is 0 Å². The summed E-state index contributed by atoms with van der Waals surface area (Å²) in [6, 6.07) is 0. The molecule has 0 aromatic rings. The Kier molecular flexibility index (Phi) is 4.19. The topological polar surface area (TPSA) is 54.4 Å². The Morgan fingerprint density at radius 2 is 1.77 bits per heavy atom. The molecule has 1 N–H and O–H groups in total. The van der Waals surface area contributed by atoms with Crippen LogP contribution in [0, 0.1) is 5.92 Å². The molecule has 0 aromatic heterocycles. The van der Waals surface area contributed by atoms with Crippen molar-refractivity contribution in [1.29, 1.82) is 0 Å². The van der Waals surface area contributed by atoms with Crippen LogP contribution in [0.25, 0.3) is 0 Å². The third kappa shape index (κ3) is 2.95. The van der Waals surface area contributed by atoms with Crippen LogP contribution in [0.3, 0.4) is 0 Å². The van der Waals surface area contributed by atoms with Crippen molar-refractivity contribution in [2.24, 2.45) is 5.92 Å². The Bertz CT molecular complexity index is 211. The Morgan fingerprint density at radius 3 is 2.23 bits per heavy atom. The van der Waals surface area contributed by atoms with Crippen LogP contribution in [0.5, 0.6) is 0 Å². The standard InChI is InChI=1S/C9H18O3S/c1-7(13(11)12)9(10)8-5-3-2-4-6-8/h7-10,13H,2-6H2,1H3/t7-,9-/m1/s1. The molecule has 0 unspecified atom stereocenters. The maximum absolute atomic E-state index is 10.7. The van der Waals surface area contributed by atoms with Crippen molar-refractivity contribution in [3.05, 3.63) is 0 Å². The number of aliphatic hydroxyl groups is 1. The Hall–Kier alpha value is -0.0900. The number of rotatable bonds is 3. The summed E-state index contributed by atoms with van der Waals surface area (Å²) in [5.74, 6) is 0.205. The molecule has 0 aliphatic heterocycles. The molecular formula is C9H18O3S. The van der Waals surface area contributed by atoms with E-state index in [9.17, 15) is 13.5 Å². The largest absolute Gasteiger partial charge is 0.392 e. The fraction of sp³-hybridized carbons (Fsp3) is 1.00. The molecule has 0 aromatic carbocycles. The number of aliphatic hydroxyl groups excluding tert-OH is 1. The molecule has 1 rings (SSSR count). The molecule has 3 nitrogen and oxygen atoms in total. The minimum atomic E-state index is -2.48. The summed E-state index contributed by atoms with van der Waals surface area (Å²) in [4.78, 5) is 0. The van der Waals surface area contributed by atoms with Gasteiger partial charge in [0.25, 0.3) is 0 Å². The minimum Gasteiger partial charge on any atom is -0.392 e. The van der Waals surface area contributed by atoms with E-state index in [1.807, 2.05) is 0 Å². The molecular weight excluding hydrogens is 188 g/mol. The van der Waals surface area contributed by atoms with Gasteiger partial charge in [0, 0.05) is 0 Å². The summed E-state index contributed by atoms with van der Waals surface area (Å²) in [6.07, 6.45) is 4.79. The van der Waals surface area contributed by atoms with Gasteiger partial charge in [0.2, 0.25) is 0 Å². The van der Waals surface area contributed by atoms with Gasteiger partial charge in [0.15, 0.2) is 0 Å². The molecule has 0 amide bonds. The van der Waals surface area contributed by atoms with E-state index in [0.29, 0.717) is 0 Å². The number of thiol groups is 1. The quantitative estimate of drug-likeness (QED) is 0.675. The van der Waals surface area contributed by atoms with Crippen LogP contribution in [0.15, 0.2) is 0 Å². The highest BCUT2D eigenvalue weighted by atomic mass is 32.2. The highest BCUT2D eigenvalue weighted by Crippen LogP contribution is 2.28. The van der Waals surface area contributed by atoms with Gasteiger partial charge in [-0.25, -0.2) is 8.42 Å². The van der Waals surface area contributed by atoms with E-state index in [4.69, 9.17) is 0 Å². The smallest absolute Gasteiger partial charge is 0.145 e. The summed E-state index contributed by atoms with van der Waals surface area (Å²) in [6.45, 7) is 1.59. The van der Waals surface area contributed by atoms with Crippen LogP contribution in [-0.2, 0) is 10.7 Å². The molecule has 1 aliphatic rings. The van der Waals surface area contributed by atoms with Crippen molar-refractivity contribution in [2.45, 2.75) is 50.4 Å². The van der Waals surface area contributed by atoms with Gasteiger partial charge < -0.3 is 5.11 Å². The predicted molar refractivity (Wildman–Crippen MR) is 52.4 cm³/mol. The van der Waals surface area contributed by atoms with E-state index in [2.05, 4.69) is 0 Å². The van der Waals surface area contributed by atoms with Crippen LogP contribution in [0.2, 0.25) is 0 Å². The maximum atomic E-state index is 10.7. The first-order chi connectivity index (χ1) is 6.13. The van der Waals surface area contributed by atoms with E-state index < -0.39 is 22.1 Å². The predicted octanol–water partition coefficient (Wildman–Crippen LogP) is 0.927. The summed E-state index contributed by atoms with van der Waals surface area (Å²) in [5.41, 5.74) is 0. The normalized spacial score (nSPS) is 24.5. The second kappa shape index (κ2) is 4.96. The van der Waals surface area contributed by atoms with Crippen molar-refractivity contribution in [2.75, 3.05) is 0 Å². The van der Waals surface area contributed by atoms with Crippen LogP contribution in [-0.4, -0.2) is 24.9 Å². The lowest BCUT2D eigenvalue weighted by molar-refractivity contribution is 0.0847. The minimum absolute atomic E-state index is 0.205. The Balaban J connectivity index is 2.49. The molecule has 0 spiro atoms. The van der Waals surface area contributed by atoms with Gasteiger partial charge in [-0.15, -0.1) is 0 Å². The SMILES string of the molecule is C[C@H]([C@@H](O)C1CCCCC1)[SH](=O)=O. The van der Waals surface area contributed by atoms with E-state index in [0.717, 1.165) is 25.7 Å². The molecule has 0 heterocycles. The van der Waals surface area contributed by atoms with E-state index in [1.165, 1.54) is 6.42 Å². The molecule has 13 heavy (non-hydrogen) atoms. The van der Waals surface area contributed by atoms with Crippen molar-refractivity contribution in [3.63, 3.8) is 0 Å². The average Bonchev–Trinajstić information content (AvgIpc) is 2.17. The van der Waals surface area contributed by atoms with Gasteiger partial charge in [-0.05, 0) is 25.7 Å². The highest BCUT2D eigenvalue weighted by molar-refractivity contribution is 7.73. The van der Waals surface area contributed by atoms with Gasteiger partial charge in [0.1, 0.15) is 10.7 Å². The van der Waals surface area contributed by atoms with E-state index in [1.54, 1.807) is 6.92 Å². The van der Waals surface area contributed by atoms with Gasteiger partial charge in [-0.3, -0.25) is 0 Å². The lowest BCUT2D eigenvalue weighted by atomic mass is 9.84. The summed E-state index contributed by atoms with van der Waals surface area (Å²) in [7, 11) is -2.48. The van der Waals surface area contributed by atoms with Crippen LogP contribution in [0.1, 0.15) is 39.0 Å². The Labute approximate surface area is 81.1 Å². The van der Waals surface area contributed by atoms with Crippen molar-refractivity contribution >= 4 is 10.7 Å².